The predicted molar refractivity (Wildman–Crippen MR) is 69.7 cm³/mol. The summed E-state index contributed by atoms with van der Waals surface area (Å²) in [6.45, 7) is 2.67. The van der Waals surface area contributed by atoms with Crippen LogP contribution in [0.4, 0.5) is 8.78 Å². The lowest BCUT2D eigenvalue weighted by molar-refractivity contribution is 0.00950. The van der Waals surface area contributed by atoms with Gasteiger partial charge in [0.2, 0.25) is 0 Å². The molecule has 108 valence electrons. The highest BCUT2D eigenvalue weighted by atomic mass is 19.2. The van der Waals surface area contributed by atoms with Crippen molar-refractivity contribution in [1.29, 1.82) is 0 Å². The molecule has 0 amide bonds. The van der Waals surface area contributed by atoms with Gasteiger partial charge in [0.25, 0.3) is 0 Å². The smallest absolute Gasteiger partial charge is 0.166 e. The van der Waals surface area contributed by atoms with Crippen molar-refractivity contribution in [1.82, 2.24) is 5.32 Å². The Kier molecular flexibility index (Phi) is 3.56. The Hall–Kier alpha value is -1.33. The van der Waals surface area contributed by atoms with E-state index in [1.54, 1.807) is 0 Å². The van der Waals surface area contributed by atoms with E-state index in [-0.39, 0.29) is 29.3 Å². The molecular formula is C15H17F2NO2. The van der Waals surface area contributed by atoms with E-state index in [0.29, 0.717) is 31.6 Å². The standard InChI is InChI=1S/C15H17F2NO2/c1-8-12(2-3-13(16)14(8)17)15(19)9-4-10-6-20-7-11(5-9)18-10/h2-3,9-11,18H,4-7H2,1H3. The number of hydrogen-bond acceptors (Lipinski definition) is 3. The molecule has 2 atom stereocenters. The maximum atomic E-state index is 13.6. The Morgan fingerprint density at radius 1 is 1.25 bits per heavy atom. The highest BCUT2D eigenvalue weighted by Crippen LogP contribution is 2.29. The number of hydrogen-bond donors (Lipinski definition) is 1. The van der Waals surface area contributed by atoms with Gasteiger partial charge in [0.15, 0.2) is 17.4 Å². The van der Waals surface area contributed by atoms with Crippen LogP contribution >= 0.6 is 0 Å². The zero-order valence-electron chi connectivity index (χ0n) is 11.3. The van der Waals surface area contributed by atoms with Gasteiger partial charge in [-0.2, -0.15) is 0 Å². The SMILES string of the molecule is Cc1c(C(=O)C2CC3COCC(C2)N3)ccc(F)c1F. The van der Waals surface area contributed by atoms with Crippen molar-refractivity contribution in [2.24, 2.45) is 5.92 Å². The Morgan fingerprint density at radius 2 is 1.90 bits per heavy atom. The van der Waals surface area contributed by atoms with Crippen molar-refractivity contribution in [3.63, 3.8) is 0 Å². The molecule has 2 fully saturated rings. The van der Waals surface area contributed by atoms with Crippen LogP contribution in [0.25, 0.3) is 0 Å². The number of halogens is 2. The highest BCUT2D eigenvalue weighted by Gasteiger charge is 2.36. The molecule has 0 spiro atoms. The average molecular weight is 281 g/mol. The zero-order valence-corrected chi connectivity index (χ0v) is 11.3. The number of ketones is 1. The van der Waals surface area contributed by atoms with Crippen molar-refractivity contribution < 1.29 is 18.3 Å². The van der Waals surface area contributed by atoms with E-state index < -0.39 is 11.6 Å². The van der Waals surface area contributed by atoms with E-state index >= 15 is 0 Å². The van der Waals surface area contributed by atoms with E-state index in [1.165, 1.54) is 13.0 Å². The monoisotopic (exact) mass is 281 g/mol. The minimum atomic E-state index is -0.923. The first kappa shape index (κ1) is 13.6. The van der Waals surface area contributed by atoms with Crippen LogP contribution in [-0.2, 0) is 4.74 Å². The molecule has 0 aromatic heterocycles. The number of carbonyl (C=O) groups excluding carboxylic acids is 1. The van der Waals surface area contributed by atoms with Gasteiger partial charge in [-0.05, 0) is 37.5 Å². The zero-order chi connectivity index (χ0) is 14.3. The van der Waals surface area contributed by atoms with Crippen molar-refractivity contribution >= 4 is 5.78 Å². The van der Waals surface area contributed by atoms with E-state index in [0.717, 1.165) is 6.07 Å². The molecule has 3 nitrogen and oxygen atoms in total. The lowest BCUT2D eigenvalue weighted by atomic mass is 9.81. The first-order valence-corrected chi connectivity index (χ1v) is 6.89. The fourth-order valence-corrected chi connectivity index (χ4v) is 3.19. The normalized spacial score (nSPS) is 29.2. The highest BCUT2D eigenvalue weighted by molar-refractivity contribution is 5.99. The van der Waals surface area contributed by atoms with Gasteiger partial charge in [-0.1, -0.05) is 0 Å². The fourth-order valence-electron chi connectivity index (χ4n) is 3.19. The lowest BCUT2D eigenvalue weighted by Crippen LogP contribution is -2.55. The van der Waals surface area contributed by atoms with Gasteiger partial charge in [-0.15, -0.1) is 0 Å². The first-order valence-electron chi connectivity index (χ1n) is 6.89. The molecular weight excluding hydrogens is 264 g/mol. The van der Waals surface area contributed by atoms with Gasteiger partial charge >= 0.3 is 0 Å². The number of piperidine rings is 1. The minimum absolute atomic E-state index is 0.0835. The molecule has 2 aliphatic heterocycles. The average Bonchev–Trinajstić information content (AvgIpc) is 2.44. The van der Waals surface area contributed by atoms with E-state index in [1.807, 2.05) is 0 Å². The summed E-state index contributed by atoms with van der Waals surface area (Å²) in [6, 6.07) is 2.79. The van der Waals surface area contributed by atoms with Gasteiger partial charge < -0.3 is 10.1 Å². The summed E-state index contributed by atoms with van der Waals surface area (Å²) >= 11 is 0. The number of Topliss-reactive ketones (excluding diaryl/α,β-unsaturated/α-hetero) is 1. The Morgan fingerprint density at radius 3 is 2.55 bits per heavy atom. The maximum absolute atomic E-state index is 13.6. The number of carbonyl (C=O) groups is 1. The number of nitrogens with one attached hydrogen (secondary N) is 1. The van der Waals surface area contributed by atoms with Crippen molar-refractivity contribution in [3.8, 4) is 0 Å². The van der Waals surface area contributed by atoms with E-state index in [9.17, 15) is 13.6 Å². The van der Waals surface area contributed by atoms with E-state index in [2.05, 4.69) is 5.32 Å². The molecule has 2 aliphatic rings. The third-order valence-corrected chi connectivity index (χ3v) is 4.22. The summed E-state index contributed by atoms with van der Waals surface area (Å²) < 4.78 is 32.2. The minimum Gasteiger partial charge on any atom is -0.378 e. The molecule has 2 heterocycles. The Bertz CT molecular complexity index is 535. The van der Waals surface area contributed by atoms with Crippen LogP contribution in [0.2, 0.25) is 0 Å². The summed E-state index contributed by atoms with van der Waals surface area (Å²) in [4.78, 5) is 12.6. The number of ether oxygens (including phenoxy) is 1. The summed E-state index contributed by atoms with van der Waals surface area (Å²) in [5, 5.41) is 3.41. The quantitative estimate of drug-likeness (QED) is 0.845. The summed E-state index contributed by atoms with van der Waals surface area (Å²) in [6.07, 6.45) is 1.38. The summed E-state index contributed by atoms with van der Waals surface area (Å²) in [5.41, 5.74) is 0.407. The molecule has 0 saturated carbocycles. The van der Waals surface area contributed by atoms with Crippen LogP contribution in [0.15, 0.2) is 12.1 Å². The number of morpholine rings is 1. The molecule has 2 unspecified atom stereocenters. The maximum Gasteiger partial charge on any atom is 0.166 e. The predicted octanol–water partition coefficient (Wildman–Crippen LogP) is 2.22. The Balaban J connectivity index is 1.84. The molecule has 5 heteroatoms. The largest absolute Gasteiger partial charge is 0.378 e. The molecule has 0 radical (unpaired) electrons. The summed E-state index contributed by atoms with van der Waals surface area (Å²) in [7, 11) is 0. The molecule has 1 N–H and O–H groups in total. The number of fused-ring (bicyclic) bond motifs is 2. The second kappa shape index (κ2) is 5.22. The second-order valence-corrected chi connectivity index (χ2v) is 5.66. The van der Waals surface area contributed by atoms with Gasteiger partial charge in [0, 0.05) is 23.6 Å². The van der Waals surface area contributed by atoms with Crippen molar-refractivity contribution in [2.75, 3.05) is 13.2 Å². The lowest BCUT2D eigenvalue weighted by Gasteiger charge is -2.39. The van der Waals surface area contributed by atoms with Gasteiger partial charge in [-0.25, -0.2) is 8.78 Å². The van der Waals surface area contributed by atoms with Gasteiger partial charge in [-0.3, -0.25) is 4.79 Å². The number of benzene rings is 1. The molecule has 1 aromatic rings. The molecule has 3 rings (SSSR count). The molecule has 1 aromatic carbocycles. The summed E-state index contributed by atoms with van der Waals surface area (Å²) in [5.74, 6) is -2.05. The van der Waals surface area contributed by atoms with Crippen molar-refractivity contribution in [3.05, 3.63) is 34.9 Å². The van der Waals surface area contributed by atoms with Crippen LogP contribution in [-0.4, -0.2) is 31.1 Å². The molecule has 0 aliphatic carbocycles. The van der Waals surface area contributed by atoms with Crippen molar-refractivity contribution in [2.45, 2.75) is 31.8 Å². The van der Waals surface area contributed by atoms with E-state index in [4.69, 9.17) is 4.74 Å². The fraction of sp³-hybridized carbons (Fsp3) is 0.533. The van der Waals surface area contributed by atoms with Gasteiger partial charge in [0.1, 0.15) is 0 Å². The van der Waals surface area contributed by atoms with Crippen LogP contribution in [0.3, 0.4) is 0 Å². The van der Waals surface area contributed by atoms with Crippen LogP contribution in [0.5, 0.6) is 0 Å². The second-order valence-electron chi connectivity index (χ2n) is 5.66. The molecule has 2 bridgehead atoms. The van der Waals surface area contributed by atoms with Gasteiger partial charge in [0.05, 0.1) is 13.2 Å². The number of rotatable bonds is 2. The topological polar surface area (TPSA) is 38.3 Å². The molecule has 20 heavy (non-hydrogen) atoms. The molecule has 2 saturated heterocycles. The Labute approximate surface area is 116 Å². The first-order chi connectivity index (χ1) is 9.56. The van der Waals surface area contributed by atoms with Crippen LogP contribution < -0.4 is 5.32 Å². The third kappa shape index (κ3) is 2.36. The van der Waals surface area contributed by atoms with Crippen LogP contribution in [0.1, 0.15) is 28.8 Å². The third-order valence-electron chi connectivity index (χ3n) is 4.22. The van der Waals surface area contributed by atoms with Crippen LogP contribution in [0, 0.1) is 24.5 Å².